The molecule has 0 saturated carbocycles. The number of urea groups is 1. The van der Waals surface area contributed by atoms with Crippen LogP contribution in [0.15, 0.2) is 24.3 Å². The average Bonchev–Trinajstić information content (AvgIpc) is 3.10. The number of hydrogen-bond acceptors (Lipinski definition) is 3. The number of rotatable bonds is 3. The van der Waals surface area contributed by atoms with Gasteiger partial charge in [0, 0.05) is 43.2 Å². The topological polar surface area (TPSA) is 61.9 Å². The van der Waals surface area contributed by atoms with Crippen LogP contribution in [0.5, 0.6) is 5.75 Å². The summed E-state index contributed by atoms with van der Waals surface area (Å²) in [5, 5.41) is 2.93. The third-order valence-electron chi connectivity index (χ3n) is 4.84. The first-order valence-corrected chi connectivity index (χ1v) is 8.42. The van der Waals surface area contributed by atoms with Gasteiger partial charge in [-0.25, -0.2) is 4.79 Å². The maximum Gasteiger partial charge on any atom is 0.317 e. The van der Waals surface area contributed by atoms with Crippen LogP contribution in [0.25, 0.3) is 0 Å². The second kappa shape index (κ2) is 6.34. The molecule has 6 heteroatoms. The van der Waals surface area contributed by atoms with Gasteiger partial charge in [-0.1, -0.05) is 0 Å². The zero-order valence-corrected chi connectivity index (χ0v) is 14.5. The van der Waals surface area contributed by atoms with Gasteiger partial charge in [0.15, 0.2) is 0 Å². The number of nitrogens with one attached hydrogen (secondary N) is 1. The Balaban J connectivity index is 1.69. The van der Waals surface area contributed by atoms with E-state index in [0.29, 0.717) is 26.1 Å². The molecule has 2 aliphatic rings. The molecule has 2 saturated heterocycles. The SMILES string of the molecule is COc1ccc(N2CC3(CCN(C(=O)NC(C)C)C3)CC2=O)cc1. The minimum Gasteiger partial charge on any atom is -0.497 e. The molecule has 2 fully saturated rings. The van der Waals surface area contributed by atoms with E-state index in [2.05, 4.69) is 5.32 Å². The van der Waals surface area contributed by atoms with Crippen LogP contribution < -0.4 is 15.0 Å². The molecule has 0 aromatic heterocycles. The smallest absolute Gasteiger partial charge is 0.317 e. The number of ether oxygens (including phenoxy) is 1. The Morgan fingerprint density at radius 3 is 2.58 bits per heavy atom. The molecule has 0 radical (unpaired) electrons. The van der Waals surface area contributed by atoms with Gasteiger partial charge < -0.3 is 19.9 Å². The fourth-order valence-electron chi connectivity index (χ4n) is 3.61. The van der Waals surface area contributed by atoms with Crippen molar-refractivity contribution in [3.05, 3.63) is 24.3 Å². The van der Waals surface area contributed by atoms with Gasteiger partial charge in [-0.05, 0) is 44.5 Å². The van der Waals surface area contributed by atoms with Gasteiger partial charge in [0.25, 0.3) is 0 Å². The van der Waals surface area contributed by atoms with E-state index >= 15 is 0 Å². The highest BCUT2D eigenvalue weighted by Gasteiger charge is 2.48. The van der Waals surface area contributed by atoms with Crippen LogP contribution >= 0.6 is 0 Å². The fourth-order valence-corrected chi connectivity index (χ4v) is 3.61. The lowest BCUT2D eigenvalue weighted by molar-refractivity contribution is -0.117. The van der Waals surface area contributed by atoms with Crippen LogP contribution in [0, 0.1) is 5.41 Å². The molecule has 24 heavy (non-hydrogen) atoms. The number of methoxy groups -OCH3 is 1. The third kappa shape index (κ3) is 3.18. The summed E-state index contributed by atoms with van der Waals surface area (Å²) in [5.74, 6) is 0.906. The second-order valence-corrected chi connectivity index (χ2v) is 7.13. The second-order valence-electron chi connectivity index (χ2n) is 7.13. The van der Waals surface area contributed by atoms with E-state index in [9.17, 15) is 9.59 Å². The number of amides is 3. The molecule has 130 valence electrons. The number of hydrogen-bond donors (Lipinski definition) is 1. The van der Waals surface area contributed by atoms with Crippen LogP contribution in [-0.4, -0.2) is 49.6 Å². The lowest BCUT2D eigenvalue weighted by Gasteiger charge is -2.25. The molecule has 6 nitrogen and oxygen atoms in total. The van der Waals surface area contributed by atoms with E-state index in [1.807, 2.05) is 47.9 Å². The van der Waals surface area contributed by atoms with Crippen molar-refractivity contribution in [1.82, 2.24) is 10.2 Å². The Bertz CT molecular complexity index is 629. The number of likely N-dealkylation sites (tertiary alicyclic amines) is 1. The Hall–Kier alpha value is -2.24. The van der Waals surface area contributed by atoms with Gasteiger partial charge in [0.2, 0.25) is 5.91 Å². The van der Waals surface area contributed by atoms with Crippen LogP contribution in [-0.2, 0) is 4.79 Å². The van der Waals surface area contributed by atoms with E-state index in [1.165, 1.54) is 0 Å². The summed E-state index contributed by atoms with van der Waals surface area (Å²) < 4.78 is 5.17. The molecule has 1 unspecified atom stereocenters. The first kappa shape index (κ1) is 16.6. The van der Waals surface area contributed by atoms with E-state index in [4.69, 9.17) is 4.74 Å². The van der Waals surface area contributed by atoms with Crippen molar-refractivity contribution >= 4 is 17.6 Å². The number of benzene rings is 1. The minimum atomic E-state index is -0.120. The quantitative estimate of drug-likeness (QED) is 0.924. The Kier molecular flexibility index (Phi) is 4.39. The van der Waals surface area contributed by atoms with Crippen LogP contribution in [0.2, 0.25) is 0 Å². The number of carbonyl (C=O) groups is 2. The molecule has 2 aliphatic heterocycles. The highest BCUT2D eigenvalue weighted by molar-refractivity contribution is 5.96. The Labute approximate surface area is 142 Å². The lowest BCUT2D eigenvalue weighted by atomic mass is 9.86. The predicted octanol–water partition coefficient (Wildman–Crippen LogP) is 2.24. The molecule has 1 N–H and O–H groups in total. The highest BCUT2D eigenvalue weighted by Crippen LogP contribution is 2.42. The highest BCUT2D eigenvalue weighted by atomic mass is 16.5. The molecule has 1 aromatic rings. The summed E-state index contributed by atoms with van der Waals surface area (Å²) in [6.45, 7) is 5.93. The summed E-state index contributed by atoms with van der Waals surface area (Å²) in [6.07, 6.45) is 1.38. The van der Waals surface area contributed by atoms with Crippen molar-refractivity contribution in [2.45, 2.75) is 32.7 Å². The standard InChI is InChI=1S/C18H25N3O3/c1-13(2)19-17(23)20-9-8-18(11-20)10-16(22)21(12-18)14-4-6-15(24-3)7-5-14/h4-7,13H,8-12H2,1-3H3,(H,19,23). The Morgan fingerprint density at radius 2 is 1.96 bits per heavy atom. The summed E-state index contributed by atoms with van der Waals surface area (Å²) >= 11 is 0. The van der Waals surface area contributed by atoms with Crippen LogP contribution in [0.1, 0.15) is 26.7 Å². The lowest BCUT2D eigenvalue weighted by Crippen LogP contribution is -2.43. The number of carbonyl (C=O) groups excluding carboxylic acids is 2. The Morgan fingerprint density at radius 1 is 1.25 bits per heavy atom. The first-order valence-electron chi connectivity index (χ1n) is 8.42. The van der Waals surface area contributed by atoms with Crippen LogP contribution in [0.4, 0.5) is 10.5 Å². The fraction of sp³-hybridized carbons (Fsp3) is 0.556. The molecule has 1 aromatic carbocycles. The van der Waals surface area contributed by atoms with E-state index in [-0.39, 0.29) is 23.4 Å². The molecule has 0 aliphatic carbocycles. The van der Waals surface area contributed by atoms with E-state index < -0.39 is 0 Å². The molecule has 3 rings (SSSR count). The summed E-state index contributed by atoms with van der Waals surface area (Å²) in [6, 6.07) is 7.64. The zero-order valence-electron chi connectivity index (χ0n) is 14.5. The maximum absolute atomic E-state index is 12.5. The van der Waals surface area contributed by atoms with Crippen molar-refractivity contribution in [3.8, 4) is 5.75 Å². The van der Waals surface area contributed by atoms with Gasteiger partial charge in [-0.15, -0.1) is 0 Å². The van der Waals surface area contributed by atoms with Crippen molar-refractivity contribution in [3.63, 3.8) is 0 Å². The van der Waals surface area contributed by atoms with Gasteiger partial charge in [0.05, 0.1) is 7.11 Å². The maximum atomic E-state index is 12.5. The summed E-state index contributed by atoms with van der Waals surface area (Å²) in [7, 11) is 1.63. The molecule has 2 heterocycles. The van der Waals surface area contributed by atoms with Crippen molar-refractivity contribution in [1.29, 1.82) is 0 Å². The van der Waals surface area contributed by atoms with Gasteiger partial charge >= 0.3 is 6.03 Å². The monoisotopic (exact) mass is 331 g/mol. The van der Waals surface area contributed by atoms with E-state index in [1.54, 1.807) is 7.11 Å². The molecule has 0 bridgehead atoms. The minimum absolute atomic E-state index is 0.0304. The number of nitrogens with zero attached hydrogens (tertiary/aromatic N) is 2. The van der Waals surface area contributed by atoms with Gasteiger partial charge in [-0.3, -0.25) is 4.79 Å². The molecule has 1 atom stereocenters. The molecular formula is C18H25N3O3. The average molecular weight is 331 g/mol. The predicted molar refractivity (Wildman–Crippen MR) is 92.3 cm³/mol. The molecular weight excluding hydrogens is 306 g/mol. The molecule has 1 spiro atoms. The van der Waals surface area contributed by atoms with Gasteiger partial charge in [-0.2, -0.15) is 0 Å². The summed E-state index contributed by atoms with van der Waals surface area (Å²) in [4.78, 5) is 28.4. The van der Waals surface area contributed by atoms with Gasteiger partial charge in [0.1, 0.15) is 5.75 Å². The number of anilines is 1. The van der Waals surface area contributed by atoms with Crippen molar-refractivity contribution in [2.24, 2.45) is 5.41 Å². The van der Waals surface area contributed by atoms with E-state index in [0.717, 1.165) is 17.9 Å². The van der Waals surface area contributed by atoms with Crippen molar-refractivity contribution < 1.29 is 14.3 Å². The normalized spacial score (nSPS) is 23.4. The zero-order chi connectivity index (χ0) is 17.3. The van der Waals surface area contributed by atoms with Crippen molar-refractivity contribution in [2.75, 3.05) is 31.6 Å². The first-order chi connectivity index (χ1) is 11.4. The largest absolute Gasteiger partial charge is 0.497 e. The van der Waals surface area contributed by atoms with Crippen LogP contribution in [0.3, 0.4) is 0 Å². The molecule has 3 amide bonds. The summed E-state index contributed by atoms with van der Waals surface area (Å²) in [5.41, 5.74) is 0.772. The third-order valence-corrected chi connectivity index (χ3v) is 4.84.